The van der Waals surface area contributed by atoms with Crippen LogP contribution in [0.4, 0.5) is 0 Å². The zero-order valence-corrected chi connectivity index (χ0v) is 10.9. The Hall–Kier alpha value is -0.380. The minimum atomic E-state index is 0.199. The van der Waals surface area contributed by atoms with Crippen molar-refractivity contribution in [3.05, 3.63) is 22.4 Å². The van der Waals surface area contributed by atoms with Crippen LogP contribution in [0.5, 0.6) is 0 Å². The molecular formula is C13H22N2S. The number of thiophene rings is 1. The van der Waals surface area contributed by atoms with Gasteiger partial charge in [0.25, 0.3) is 0 Å². The summed E-state index contributed by atoms with van der Waals surface area (Å²) >= 11 is 1.77. The Morgan fingerprint density at radius 2 is 2.38 bits per heavy atom. The summed E-state index contributed by atoms with van der Waals surface area (Å²) in [5.41, 5.74) is 6.24. The molecule has 0 amide bonds. The molecule has 1 unspecified atom stereocenters. The van der Waals surface area contributed by atoms with Crippen molar-refractivity contribution in [1.82, 2.24) is 4.90 Å². The second kappa shape index (κ2) is 5.80. The fraction of sp³-hybridized carbons (Fsp3) is 0.692. The quantitative estimate of drug-likeness (QED) is 0.791. The van der Waals surface area contributed by atoms with Crippen molar-refractivity contribution in [2.75, 3.05) is 19.6 Å². The van der Waals surface area contributed by atoms with Crippen LogP contribution in [-0.4, -0.2) is 24.5 Å². The molecule has 0 spiro atoms. The Kier molecular flexibility index (Phi) is 4.38. The highest BCUT2D eigenvalue weighted by Gasteiger charge is 2.24. The number of nitrogens with two attached hydrogens (primary N) is 1. The lowest BCUT2D eigenvalue weighted by molar-refractivity contribution is 0.249. The van der Waals surface area contributed by atoms with Crippen LogP contribution in [0.1, 0.15) is 37.1 Å². The lowest BCUT2D eigenvalue weighted by Crippen LogP contribution is -2.34. The molecule has 1 atom stereocenters. The third kappa shape index (κ3) is 3.58. The van der Waals surface area contributed by atoms with E-state index in [0.717, 1.165) is 12.5 Å². The molecule has 0 radical (unpaired) electrons. The largest absolute Gasteiger partial charge is 0.322 e. The third-order valence-corrected chi connectivity index (χ3v) is 4.12. The molecule has 2 nitrogen and oxygen atoms in total. The van der Waals surface area contributed by atoms with E-state index in [1.807, 2.05) is 0 Å². The Morgan fingerprint density at radius 3 is 2.94 bits per heavy atom. The first-order valence-corrected chi connectivity index (χ1v) is 7.19. The summed E-state index contributed by atoms with van der Waals surface area (Å²) in [7, 11) is 0. The van der Waals surface area contributed by atoms with E-state index >= 15 is 0 Å². The Morgan fingerprint density at radius 1 is 1.56 bits per heavy atom. The van der Waals surface area contributed by atoms with Gasteiger partial charge in [-0.15, -0.1) is 11.3 Å². The van der Waals surface area contributed by atoms with Crippen molar-refractivity contribution >= 4 is 11.3 Å². The highest BCUT2D eigenvalue weighted by molar-refractivity contribution is 7.10. The minimum absolute atomic E-state index is 0.199. The summed E-state index contributed by atoms with van der Waals surface area (Å²) in [6, 6.07) is 4.44. The van der Waals surface area contributed by atoms with Gasteiger partial charge in [0.15, 0.2) is 0 Å². The van der Waals surface area contributed by atoms with Crippen LogP contribution >= 0.6 is 11.3 Å². The van der Waals surface area contributed by atoms with Crippen LogP contribution in [0.3, 0.4) is 0 Å². The van der Waals surface area contributed by atoms with Crippen LogP contribution in [0.15, 0.2) is 17.5 Å². The first-order chi connectivity index (χ1) is 7.79. The molecule has 1 heterocycles. The van der Waals surface area contributed by atoms with Crippen molar-refractivity contribution in [3.8, 4) is 0 Å². The predicted molar refractivity (Wildman–Crippen MR) is 70.7 cm³/mol. The number of rotatable bonds is 7. The molecule has 16 heavy (non-hydrogen) atoms. The number of nitrogens with zero attached hydrogens (tertiary/aromatic N) is 1. The molecule has 1 aromatic heterocycles. The first-order valence-electron chi connectivity index (χ1n) is 6.31. The fourth-order valence-corrected chi connectivity index (χ4v) is 2.83. The summed E-state index contributed by atoms with van der Waals surface area (Å²) in [4.78, 5) is 3.86. The molecule has 2 N–H and O–H groups in total. The normalized spacial score (nSPS) is 17.9. The van der Waals surface area contributed by atoms with Crippen molar-refractivity contribution in [3.63, 3.8) is 0 Å². The Labute approximate surface area is 102 Å². The van der Waals surface area contributed by atoms with E-state index in [0.29, 0.717) is 0 Å². The molecule has 1 saturated carbocycles. The molecular weight excluding hydrogens is 216 g/mol. The van der Waals surface area contributed by atoms with Crippen molar-refractivity contribution < 1.29 is 0 Å². The molecule has 1 aliphatic rings. The molecule has 0 aromatic carbocycles. The van der Waals surface area contributed by atoms with Crippen LogP contribution in [0, 0.1) is 5.92 Å². The highest BCUT2D eigenvalue weighted by atomic mass is 32.1. The zero-order valence-electron chi connectivity index (χ0n) is 10.1. The molecule has 0 bridgehead atoms. The zero-order chi connectivity index (χ0) is 11.4. The smallest absolute Gasteiger partial charge is 0.0519 e. The van der Waals surface area contributed by atoms with Gasteiger partial charge in [0, 0.05) is 18.0 Å². The summed E-state index contributed by atoms with van der Waals surface area (Å²) in [6.45, 7) is 5.71. The van der Waals surface area contributed by atoms with Crippen molar-refractivity contribution in [2.24, 2.45) is 11.7 Å². The van der Waals surface area contributed by atoms with Crippen LogP contribution in [-0.2, 0) is 0 Å². The van der Waals surface area contributed by atoms with E-state index in [1.54, 1.807) is 11.3 Å². The maximum Gasteiger partial charge on any atom is 0.0519 e. The maximum atomic E-state index is 6.24. The summed E-state index contributed by atoms with van der Waals surface area (Å²) < 4.78 is 0. The van der Waals surface area contributed by atoms with Gasteiger partial charge in [-0.2, -0.15) is 0 Å². The fourth-order valence-electron chi connectivity index (χ4n) is 2.11. The van der Waals surface area contributed by atoms with Gasteiger partial charge in [0.1, 0.15) is 0 Å². The third-order valence-electron chi connectivity index (χ3n) is 3.12. The number of hydrogen-bond donors (Lipinski definition) is 1. The second-order valence-corrected chi connectivity index (χ2v) is 5.80. The summed E-state index contributed by atoms with van der Waals surface area (Å²) in [5.74, 6) is 0.960. The monoisotopic (exact) mass is 238 g/mol. The lowest BCUT2D eigenvalue weighted by Gasteiger charge is -2.24. The standard InChI is InChI=1S/C13H22N2S/c1-2-7-15(9-11-5-6-11)10-12(14)13-4-3-8-16-13/h3-4,8,11-12H,2,5-7,9-10,14H2,1H3. The lowest BCUT2D eigenvalue weighted by atomic mass is 10.2. The molecule has 0 saturated heterocycles. The predicted octanol–water partition coefficient (Wildman–Crippen LogP) is 2.87. The molecule has 1 aliphatic carbocycles. The average Bonchev–Trinajstić information content (AvgIpc) is 2.91. The van der Waals surface area contributed by atoms with Gasteiger partial charge < -0.3 is 10.6 Å². The van der Waals surface area contributed by atoms with Gasteiger partial charge in [-0.1, -0.05) is 13.0 Å². The minimum Gasteiger partial charge on any atom is -0.322 e. The van der Waals surface area contributed by atoms with Crippen LogP contribution < -0.4 is 5.73 Å². The Bertz CT molecular complexity index is 293. The van der Waals surface area contributed by atoms with Crippen molar-refractivity contribution in [1.29, 1.82) is 0 Å². The van der Waals surface area contributed by atoms with Crippen molar-refractivity contribution in [2.45, 2.75) is 32.2 Å². The van der Waals surface area contributed by atoms with E-state index in [-0.39, 0.29) is 6.04 Å². The van der Waals surface area contributed by atoms with E-state index < -0.39 is 0 Å². The van der Waals surface area contributed by atoms with Gasteiger partial charge in [-0.25, -0.2) is 0 Å². The summed E-state index contributed by atoms with van der Waals surface area (Å²) in [5, 5.41) is 2.11. The van der Waals surface area contributed by atoms with Crippen LogP contribution in [0.2, 0.25) is 0 Å². The van der Waals surface area contributed by atoms with E-state index in [9.17, 15) is 0 Å². The Balaban J connectivity index is 1.83. The molecule has 1 fully saturated rings. The van der Waals surface area contributed by atoms with Gasteiger partial charge in [-0.3, -0.25) is 0 Å². The van der Waals surface area contributed by atoms with Gasteiger partial charge in [0.2, 0.25) is 0 Å². The van der Waals surface area contributed by atoms with Gasteiger partial charge in [-0.05, 0) is 43.2 Å². The first kappa shape index (κ1) is 12.1. The number of hydrogen-bond acceptors (Lipinski definition) is 3. The topological polar surface area (TPSA) is 29.3 Å². The van der Waals surface area contributed by atoms with E-state index in [2.05, 4.69) is 29.3 Å². The van der Waals surface area contributed by atoms with Gasteiger partial charge >= 0.3 is 0 Å². The maximum absolute atomic E-state index is 6.24. The second-order valence-electron chi connectivity index (χ2n) is 4.82. The van der Waals surface area contributed by atoms with Gasteiger partial charge in [0.05, 0.1) is 6.04 Å². The molecule has 1 aromatic rings. The SMILES string of the molecule is CCCN(CC1CC1)CC(N)c1cccs1. The summed E-state index contributed by atoms with van der Waals surface area (Å²) in [6.07, 6.45) is 4.08. The average molecular weight is 238 g/mol. The van der Waals surface area contributed by atoms with Crippen LogP contribution in [0.25, 0.3) is 0 Å². The molecule has 0 aliphatic heterocycles. The highest BCUT2D eigenvalue weighted by Crippen LogP contribution is 2.30. The molecule has 2 rings (SSSR count). The molecule has 3 heteroatoms. The van der Waals surface area contributed by atoms with E-state index in [1.165, 1.54) is 37.2 Å². The van der Waals surface area contributed by atoms with E-state index in [4.69, 9.17) is 5.73 Å². The molecule has 90 valence electrons.